The average Bonchev–Trinajstić information content (AvgIpc) is 1.63. The molecule has 0 saturated heterocycles. The van der Waals surface area contributed by atoms with E-state index in [4.69, 9.17) is 10.2 Å². The summed E-state index contributed by atoms with van der Waals surface area (Å²) in [7, 11) is 0. The van der Waals surface area contributed by atoms with E-state index in [1.807, 2.05) is 0 Å². The molecule has 0 atom stereocenters. The van der Waals surface area contributed by atoms with Crippen LogP contribution in [0.5, 0.6) is 0 Å². The molecule has 1 aliphatic carbocycles. The van der Waals surface area contributed by atoms with E-state index in [-0.39, 0.29) is 6.61 Å². The SMILES string of the molecule is C=C1CC(O)(CO)C1. The van der Waals surface area contributed by atoms with Crippen molar-refractivity contribution in [1.82, 2.24) is 0 Å². The van der Waals surface area contributed by atoms with Crippen LogP contribution in [0.25, 0.3) is 0 Å². The first kappa shape index (κ1) is 5.79. The summed E-state index contributed by atoms with van der Waals surface area (Å²) >= 11 is 0. The van der Waals surface area contributed by atoms with Gasteiger partial charge >= 0.3 is 0 Å². The quantitative estimate of drug-likeness (QED) is 0.473. The van der Waals surface area contributed by atoms with Gasteiger partial charge in [0.25, 0.3) is 0 Å². The third kappa shape index (κ3) is 0.767. The first-order valence-corrected chi connectivity index (χ1v) is 2.66. The molecule has 0 aromatic carbocycles. The molecule has 0 unspecified atom stereocenters. The van der Waals surface area contributed by atoms with Crippen molar-refractivity contribution in [3.63, 3.8) is 0 Å². The molecule has 2 N–H and O–H groups in total. The van der Waals surface area contributed by atoms with Gasteiger partial charge in [-0.25, -0.2) is 0 Å². The van der Waals surface area contributed by atoms with Gasteiger partial charge in [0.15, 0.2) is 0 Å². The molecule has 0 amide bonds. The van der Waals surface area contributed by atoms with Crippen LogP contribution in [0.1, 0.15) is 12.8 Å². The Labute approximate surface area is 48.5 Å². The first-order valence-electron chi connectivity index (χ1n) is 2.66. The Balaban J connectivity index is 2.40. The summed E-state index contributed by atoms with van der Waals surface area (Å²) in [6.45, 7) is 3.50. The summed E-state index contributed by atoms with van der Waals surface area (Å²) in [6, 6.07) is 0. The summed E-state index contributed by atoms with van der Waals surface area (Å²) in [5.74, 6) is 0. The zero-order valence-corrected chi connectivity index (χ0v) is 4.72. The number of hydrogen-bond acceptors (Lipinski definition) is 2. The molecule has 0 aliphatic heterocycles. The van der Waals surface area contributed by atoms with Crippen LogP contribution < -0.4 is 0 Å². The zero-order chi connectivity index (χ0) is 6.20. The molecule has 0 bridgehead atoms. The highest BCUT2D eigenvalue weighted by Crippen LogP contribution is 2.34. The minimum Gasteiger partial charge on any atom is -0.393 e. The minimum absolute atomic E-state index is 0.133. The lowest BCUT2D eigenvalue weighted by Gasteiger charge is -2.36. The molecule has 0 aromatic rings. The van der Waals surface area contributed by atoms with E-state index in [0.717, 1.165) is 5.57 Å². The highest BCUT2D eigenvalue weighted by molar-refractivity contribution is 5.16. The second-order valence-corrected chi connectivity index (χ2v) is 2.49. The minimum atomic E-state index is -0.808. The molecule has 46 valence electrons. The van der Waals surface area contributed by atoms with E-state index in [1.165, 1.54) is 0 Å². The standard InChI is InChI=1S/C6H10O2/c1-5-2-6(8,3-5)4-7/h7-8H,1-4H2. The van der Waals surface area contributed by atoms with Gasteiger partial charge in [-0.2, -0.15) is 0 Å². The van der Waals surface area contributed by atoms with Gasteiger partial charge < -0.3 is 10.2 Å². The van der Waals surface area contributed by atoms with Gasteiger partial charge in [0.2, 0.25) is 0 Å². The average molecular weight is 114 g/mol. The van der Waals surface area contributed by atoms with Crippen LogP contribution in [0.2, 0.25) is 0 Å². The Morgan fingerprint density at radius 3 is 2.25 bits per heavy atom. The second kappa shape index (κ2) is 1.57. The monoisotopic (exact) mass is 114 g/mol. The molecule has 1 fully saturated rings. The van der Waals surface area contributed by atoms with E-state index >= 15 is 0 Å². The van der Waals surface area contributed by atoms with Crippen LogP contribution in [0.4, 0.5) is 0 Å². The molecule has 2 nitrogen and oxygen atoms in total. The highest BCUT2D eigenvalue weighted by atomic mass is 16.3. The molecule has 0 spiro atoms. The van der Waals surface area contributed by atoms with Gasteiger partial charge in [0.05, 0.1) is 12.2 Å². The molecule has 0 radical (unpaired) electrons. The van der Waals surface area contributed by atoms with E-state index in [2.05, 4.69) is 6.58 Å². The fourth-order valence-corrected chi connectivity index (χ4v) is 0.991. The molecular weight excluding hydrogens is 104 g/mol. The van der Waals surface area contributed by atoms with E-state index in [1.54, 1.807) is 0 Å². The van der Waals surface area contributed by atoms with Crippen molar-refractivity contribution in [2.45, 2.75) is 18.4 Å². The maximum atomic E-state index is 9.08. The molecule has 0 aromatic heterocycles. The smallest absolute Gasteiger partial charge is 0.0950 e. The Hall–Kier alpha value is -0.340. The van der Waals surface area contributed by atoms with Gasteiger partial charge in [-0.15, -0.1) is 0 Å². The maximum Gasteiger partial charge on any atom is 0.0950 e. The summed E-state index contributed by atoms with van der Waals surface area (Å²) in [4.78, 5) is 0. The Bertz CT molecular complexity index is 110. The zero-order valence-electron chi connectivity index (χ0n) is 4.72. The first-order chi connectivity index (χ1) is 3.66. The van der Waals surface area contributed by atoms with E-state index in [9.17, 15) is 0 Å². The third-order valence-corrected chi connectivity index (χ3v) is 1.45. The topological polar surface area (TPSA) is 40.5 Å². The van der Waals surface area contributed by atoms with Crippen LogP contribution in [0.3, 0.4) is 0 Å². The number of hydrogen-bond donors (Lipinski definition) is 2. The van der Waals surface area contributed by atoms with Crippen LogP contribution in [0, 0.1) is 0 Å². The summed E-state index contributed by atoms with van der Waals surface area (Å²) in [6.07, 6.45) is 1.15. The summed E-state index contributed by atoms with van der Waals surface area (Å²) in [5, 5.41) is 17.6. The fourth-order valence-electron chi connectivity index (χ4n) is 0.991. The number of rotatable bonds is 1. The molecule has 1 aliphatic rings. The highest BCUT2D eigenvalue weighted by Gasteiger charge is 2.36. The second-order valence-electron chi connectivity index (χ2n) is 2.49. The van der Waals surface area contributed by atoms with Crippen molar-refractivity contribution in [3.05, 3.63) is 12.2 Å². The van der Waals surface area contributed by atoms with Crippen LogP contribution in [0.15, 0.2) is 12.2 Å². The number of aliphatic hydroxyl groups excluding tert-OH is 1. The largest absolute Gasteiger partial charge is 0.393 e. The molecular formula is C6H10O2. The van der Waals surface area contributed by atoms with Crippen molar-refractivity contribution in [1.29, 1.82) is 0 Å². The van der Waals surface area contributed by atoms with Crippen LogP contribution in [-0.4, -0.2) is 22.4 Å². The summed E-state index contributed by atoms with van der Waals surface area (Å²) < 4.78 is 0. The lowest BCUT2D eigenvalue weighted by Crippen LogP contribution is -2.41. The van der Waals surface area contributed by atoms with E-state index < -0.39 is 5.60 Å². The van der Waals surface area contributed by atoms with Gasteiger partial charge in [-0.1, -0.05) is 12.2 Å². The van der Waals surface area contributed by atoms with Crippen molar-refractivity contribution in [2.75, 3.05) is 6.61 Å². The Morgan fingerprint density at radius 1 is 1.62 bits per heavy atom. The fraction of sp³-hybridized carbons (Fsp3) is 0.667. The van der Waals surface area contributed by atoms with Crippen molar-refractivity contribution >= 4 is 0 Å². The molecule has 8 heavy (non-hydrogen) atoms. The van der Waals surface area contributed by atoms with E-state index in [0.29, 0.717) is 12.8 Å². The lowest BCUT2D eigenvalue weighted by molar-refractivity contribution is -0.0443. The number of aliphatic hydroxyl groups is 2. The summed E-state index contributed by atoms with van der Waals surface area (Å²) in [5.41, 5.74) is 0.221. The molecule has 2 heteroatoms. The van der Waals surface area contributed by atoms with Crippen molar-refractivity contribution < 1.29 is 10.2 Å². The molecule has 1 rings (SSSR count). The normalized spacial score (nSPS) is 25.0. The lowest BCUT2D eigenvalue weighted by atomic mass is 9.77. The van der Waals surface area contributed by atoms with Gasteiger partial charge in [0.1, 0.15) is 0 Å². The predicted octanol–water partition coefficient (Wildman–Crippen LogP) is 0.0598. The third-order valence-electron chi connectivity index (χ3n) is 1.45. The molecule has 0 heterocycles. The molecule has 1 saturated carbocycles. The van der Waals surface area contributed by atoms with Gasteiger partial charge in [-0.3, -0.25) is 0 Å². The van der Waals surface area contributed by atoms with Crippen molar-refractivity contribution in [2.24, 2.45) is 0 Å². The predicted molar refractivity (Wildman–Crippen MR) is 30.4 cm³/mol. The van der Waals surface area contributed by atoms with Crippen LogP contribution in [-0.2, 0) is 0 Å². The van der Waals surface area contributed by atoms with Gasteiger partial charge in [0, 0.05) is 0 Å². The maximum absolute atomic E-state index is 9.08. The van der Waals surface area contributed by atoms with Gasteiger partial charge in [-0.05, 0) is 12.8 Å². The Kier molecular flexibility index (Phi) is 1.14. The Morgan fingerprint density at radius 2 is 2.12 bits per heavy atom. The van der Waals surface area contributed by atoms with Crippen LogP contribution >= 0.6 is 0 Å². The van der Waals surface area contributed by atoms with Crippen molar-refractivity contribution in [3.8, 4) is 0 Å².